The van der Waals surface area contributed by atoms with Crippen LogP contribution in [0.1, 0.15) is 51.0 Å². The van der Waals surface area contributed by atoms with Gasteiger partial charge < -0.3 is 18.9 Å². The van der Waals surface area contributed by atoms with Crippen LogP contribution in [0.3, 0.4) is 0 Å². The number of amides is 1. The Balaban J connectivity index is 1.51. The van der Waals surface area contributed by atoms with Crippen molar-refractivity contribution in [1.29, 1.82) is 0 Å². The molecular weight excluding hydrogens is 380 g/mol. The highest BCUT2D eigenvalue weighted by Crippen LogP contribution is 2.36. The Kier molecular flexibility index (Phi) is 5.48. The monoisotopic (exact) mass is 406 g/mol. The second-order valence-corrected chi connectivity index (χ2v) is 7.63. The van der Waals surface area contributed by atoms with Crippen LogP contribution in [0.4, 0.5) is 0 Å². The van der Waals surface area contributed by atoms with Gasteiger partial charge in [-0.2, -0.15) is 0 Å². The maximum absolute atomic E-state index is 13.2. The fraction of sp³-hybridized carbons (Fsp3) is 0.333. The Labute approximate surface area is 176 Å². The minimum Gasteiger partial charge on any atom is -0.493 e. The van der Waals surface area contributed by atoms with E-state index in [1.165, 1.54) is 11.1 Å². The summed E-state index contributed by atoms with van der Waals surface area (Å²) in [7, 11) is 3.44. The Morgan fingerprint density at radius 1 is 1.20 bits per heavy atom. The lowest BCUT2D eigenvalue weighted by Crippen LogP contribution is -2.30. The van der Waals surface area contributed by atoms with Crippen molar-refractivity contribution in [3.63, 3.8) is 0 Å². The number of fused-ring (bicyclic) bond motifs is 1. The van der Waals surface area contributed by atoms with Gasteiger partial charge in [0.05, 0.1) is 24.4 Å². The Hall–Kier alpha value is -3.28. The van der Waals surface area contributed by atoms with E-state index in [4.69, 9.17) is 14.0 Å². The van der Waals surface area contributed by atoms with Crippen LogP contribution >= 0.6 is 0 Å². The molecule has 0 radical (unpaired) electrons. The van der Waals surface area contributed by atoms with Gasteiger partial charge >= 0.3 is 0 Å². The smallest absolute Gasteiger partial charge is 0.254 e. The fourth-order valence-corrected chi connectivity index (χ4v) is 4.06. The number of hydrogen-bond acceptors (Lipinski definition) is 5. The number of nitrogens with zero attached hydrogens (tertiary/aromatic N) is 2. The van der Waals surface area contributed by atoms with Crippen LogP contribution in [-0.2, 0) is 13.0 Å². The third-order valence-electron chi connectivity index (χ3n) is 5.85. The van der Waals surface area contributed by atoms with E-state index in [9.17, 15) is 4.79 Å². The summed E-state index contributed by atoms with van der Waals surface area (Å²) in [4.78, 5) is 15.0. The average molecular weight is 406 g/mol. The summed E-state index contributed by atoms with van der Waals surface area (Å²) < 4.78 is 16.6. The molecule has 1 aromatic heterocycles. The van der Waals surface area contributed by atoms with Gasteiger partial charge in [-0.1, -0.05) is 29.4 Å². The number of rotatable bonds is 6. The highest BCUT2D eigenvalue weighted by molar-refractivity contribution is 5.95. The first-order valence-electron chi connectivity index (χ1n) is 10.1. The summed E-state index contributed by atoms with van der Waals surface area (Å²) in [5.41, 5.74) is 4.85. The maximum atomic E-state index is 13.2. The molecule has 1 aliphatic rings. The van der Waals surface area contributed by atoms with Gasteiger partial charge in [0.25, 0.3) is 5.91 Å². The number of aryl methyl sites for hydroxylation is 3. The van der Waals surface area contributed by atoms with Crippen molar-refractivity contribution in [2.45, 2.75) is 39.3 Å². The van der Waals surface area contributed by atoms with Crippen LogP contribution in [0.5, 0.6) is 11.5 Å². The molecule has 1 aliphatic carbocycles. The zero-order valence-corrected chi connectivity index (χ0v) is 17.8. The van der Waals surface area contributed by atoms with Crippen molar-refractivity contribution in [2.24, 2.45) is 0 Å². The lowest BCUT2D eigenvalue weighted by Gasteiger charge is -2.26. The van der Waals surface area contributed by atoms with Gasteiger partial charge in [0.2, 0.25) is 0 Å². The largest absolute Gasteiger partial charge is 0.493 e. The van der Waals surface area contributed by atoms with Crippen molar-refractivity contribution >= 4 is 5.91 Å². The van der Waals surface area contributed by atoms with Gasteiger partial charge in [0, 0.05) is 12.6 Å². The second-order valence-electron chi connectivity index (χ2n) is 7.63. The molecule has 0 aliphatic heterocycles. The Morgan fingerprint density at radius 3 is 2.73 bits per heavy atom. The summed E-state index contributed by atoms with van der Waals surface area (Å²) in [5, 5.41) is 3.95. The van der Waals surface area contributed by atoms with E-state index in [2.05, 4.69) is 23.4 Å². The number of methoxy groups -OCH3 is 1. The number of ether oxygens (including phenoxy) is 2. The van der Waals surface area contributed by atoms with Crippen molar-refractivity contribution in [3.05, 3.63) is 76.2 Å². The molecule has 1 amide bonds. The summed E-state index contributed by atoms with van der Waals surface area (Å²) in [6.07, 6.45) is 1.94. The minimum absolute atomic E-state index is 0.0349. The third kappa shape index (κ3) is 3.65. The van der Waals surface area contributed by atoms with Crippen LogP contribution in [0.15, 0.2) is 47.0 Å². The standard InChI is InChI=1S/C24H26N2O4/c1-15-20(16(2)30-25-15)14-29-22-12-10-18(13-23(22)28-4)24(27)26(3)21-11-9-17-7-5-6-8-19(17)21/h5-8,10,12-13,21H,9,11,14H2,1-4H3. The summed E-state index contributed by atoms with van der Waals surface area (Å²) >= 11 is 0. The number of aromatic nitrogens is 1. The summed E-state index contributed by atoms with van der Waals surface area (Å²) in [6.45, 7) is 4.06. The van der Waals surface area contributed by atoms with Gasteiger partial charge in [-0.05, 0) is 56.0 Å². The molecule has 1 heterocycles. The second kappa shape index (κ2) is 8.22. The van der Waals surface area contributed by atoms with Crippen LogP contribution in [-0.4, -0.2) is 30.1 Å². The highest BCUT2D eigenvalue weighted by atomic mass is 16.5. The third-order valence-corrected chi connectivity index (χ3v) is 5.85. The van der Waals surface area contributed by atoms with Crippen LogP contribution in [0.25, 0.3) is 0 Å². The lowest BCUT2D eigenvalue weighted by molar-refractivity contribution is 0.0730. The lowest BCUT2D eigenvalue weighted by atomic mass is 10.1. The molecule has 4 rings (SSSR count). The maximum Gasteiger partial charge on any atom is 0.254 e. The van der Waals surface area contributed by atoms with E-state index < -0.39 is 0 Å². The topological polar surface area (TPSA) is 64.8 Å². The van der Waals surface area contributed by atoms with E-state index >= 15 is 0 Å². The van der Waals surface area contributed by atoms with E-state index in [1.807, 2.05) is 31.9 Å². The molecule has 0 N–H and O–H groups in total. The van der Waals surface area contributed by atoms with Gasteiger partial charge in [-0.25, -0.2) is 0 Å². The predicted molar refractivity (Wildman–Crippen MR) is 113 cm³/mol. The van der Waals surface area contributed by atoms with Gasteiger partial charge in [0.15, 0.2) is 11.5 Å². The molecule has 0 bridgehead atoms. The first-order valence-corrected chi connectivity index (χ1v) is 10.1. The van der Waals surface area contributed by atoms with E-state index in [0.29, 0.717) is 23.7 Å². The molecule has 0 saturated heterocycles. The SMILES string of the molecule is COc1cc(C(=O)N(C)C2CCc3ccccc32)ccc1OCc1c(C)noc1C. The molecular formula is C24H26N2O4. The molecule has 2 aromatic carbocycles. The number of benzene rings is 2. The van der Waals surface area contributed by atoms with Crippen LogP contribution in [0, 0.1) is 13.8 Å². The van der Waals surface area contributed by atoms with Gasteiger partial charge in [-0.3, -0.25) is 4.79 Å². The molecule has 3 aromatic rings. The Bertz CT molecular complexity index is 1050. The molecule has 156 valence electrons. The van der Waals surface area contributed by atoms with E-state index in [-0.39, 0.29) is 11.9 Å². The van der Waals surface area contributed by atoms with E-state index in [0.717, 1.165) is 29.9 Å². The Morgan fingerprint density at radius 2 is 2.00 bits per heavy atom. The average Bonchev–Trinajstić information content (AvgIpc) is 3.34. The molecule has 1 unspecified atom stereocenters. The quantitative estimate of drug-likeness (QED) is 0.597. The van der Waals surface area contributed by atoms with Gasteiger partial charge in [-0.15, -0.1) is 0 Å². The zero-order chi connectivity index (χ0) is 21.3. The minimum atomic E-state index is -0.0349. The van der Waals surface area contributed by atoms with Crippen molar-refractivity contribution in [3.8, 4) is 11.5 Å². The molecule has 0 saturated carbocycles. The zero-order valence-electron chi connectivity index (χ0n) is 17.8. The van der Waals surface area contributed by atoms with Crippen molar-refractivity contribution in [1.82, 2.24) is 10.1 Å². The number of hydrogen-bond donors (Lipinski definition) is 0. The first-order chi connectivity index (χ1) is 14.5. The van der Waals surface area contributed by atoms with E-state index in [1.54, 1.807) is 25.3 Å². The highest BCUT2D eigenvalue weighted by Gasteiger charge is 2.29. The molecule has 0 spiro atoms. The first kappa shape index (κ1) is 20.0. The van der Waals surface area contributed by atoms with Crippen LogP contribution < -0.4 is 9.47 Å². The predicted octanol–water partition coefficient (Wildman–Crippen LogP) is 4.64. The number of carbonyl (C=O) groups excluding carboxylic acids is 1. The normalized spacial score (nSPS) is 15.0. The van der Waals surface area contributed by atoms with Crippen LogP contribution in [0.2, 0.25) is 0 Å². The fourth-order valence-electron chi connectivity index (χ4n) is 4.06. The number of carbonyl (C=O) groups is 1. The molecule has 6 nitrogen and oxygen atoms in total. The van der Waals surface area contributed by atoms with Crippen molar-refractivity contribution < 1.29 is 18.8 Å². The van der Waals surface area contributed by atoms with Crippen molar-refractivity contribution in [2.75, 3.05) is 14.2 Å². The molecule has 30 heavy (non-hydrogen) atoms. The molecule has 6 heteroatoms. The summed E-state index contributed by atoms with van der Waals surface area (Å²) in [5.74, 6) is 1.79. The van der Waals surface area contributed by atoms with Gasteiger partial charge in [0.1, 0.15) is 12.4 Å². The molecule has 0 fully saturated rings. The molecule has 1 atom stereocenters. The summed E-state index contributed by atoms with van der Waals surface area (Å²) in [6, 6.07) is 13.7.